The maximum absolute atomic E-state index is 5.62. The summed E-state index contributed by atoms with van der Waals surface area (Å²) in [5.41, 5.74) is 1.32. The van der Waals surface area contributed by atoms with Gasteiger partial charge in [-0.2, -0.15) is 0 Å². The minimum Gasteiger partial charge on any atom is -0.381 e. The second-order valence-electron chi connectivity index (χ2n) is 6.93. The zero-order valence-corrected chi connectivity index (χ0v) is 20.7. The van der Waals surface area contributed by atoms with Gasteiger partial charge in [-0.15, -0.1) is 34.2 Å². The molecule has 0 aliphatic rings. The van der Waals surface area contributed by atoms with Crippen LogP contribution in [0.2, 0.25) is 0 Å². The molecule has 2 rings (SSSR count). The number of unbranched alkanes of at least 4 members (excludes halogenated alkanes) is 1. The van der Waals surface area contributed by atoms with Gasteiger partial charge in [-0.3, -0.25) is 4.99 Å². The highest BCUT2D eigenvalue weighted by molar-refractivity contribution is 14.0. The van der Waals surface area contributed by atoms with Crippen LogP contribution in [-0.2, 0) is 24.1 Å². The van der Waals surface area contributed by atoms with Crippen molar-refractivity contribution in [2.24, 2.45) is 4.99 Å². The summed E-state index contributed by atoms with van der Waals surface area (Å²) in [5.74, 6) is 1.85. The number of ether oxygens (including phenoxy) is 1. The minimum absolute atomic E-state index is 0. The summed E-state index contributed by atoms with van der Waals surface area (Å²) in [5, 5.41) is 15.0. The van der Waals surface area contributed by atoms with Gasteiger partial charge in [-0.1, -0.05) is 50.6 Å². The first-order valence-corrected chi connectivity index (χ1v) is 10.8. The lowest BCUT2D eigenvalue weighted by molar-refractivity contribution is 0.130. The molecule has 2 aromatic rings. The fourth-order valence-electron chi connectivity index (χ4n) is 2.88. The van der Waals surface area contributed by atoms with E-state index in [0.29, 0.717) is 0 Å². The molecule has 0 aliphatic heterocycles. The predicted molar refractivity (Wildman–Crippen MR) is 134 cm³/mol. The summed E-state index contributed by atoms with van der Waals surface area (Å²) in [6, 6.07) is 10.5. The normalized spacial score (nSPS) is 11.2. The average Bonchev–Trinajstić information content (AvgIpc) is 3.21. The zero-order valence-electron chi connectivity index (χ0n) is 18.3. The summed E-state index contributed by atoms with van der Waals surface area (Å²) in [4.78, 5) is 4.71. The molecule has 7 nitrogen and oxygen atoms in total. The van der Waals surface area contributed by atoms with Crippen molar-refractivity contribution in [1.82, 2.24) is 25.4 Å². The fourth-order valence-corrected chi connectivity index (χ4v) is 2.88. The van der Waals surface area contributed by atoms with E-state index in [2.05, 4.69) is 63.5 Å². The monoisotopic (exact) mass is 528 g/mol. The SMILES string of the molecule is CCCCOCCCN=C(NCCc1ccccc1)NCCn1cnnc1CC.I. The van der Waals surface area contributed by atoms with Crippen LogP contribution in [0.3, 0.4) is 0 Å². The van der Waals surface area contributed by atoms with E-state index < -0.39 is 0 Å². The highest BCUT2D eigenvalue weighted by atomic mass is 127. The zero-order chi connectivity index (χ0) is 20.6. The Morgan fingerprint density at radius 3 is 2.60 bits per heavy atom. The van der Waals surface area contributed by atoms with Gasteiger partial charge < -0.3 is 19.9 Å². The number of benzene rings is 1. The minimum atomic E-state index is 0. The van der Waals surface area contributed by atoms with Gasteiger partial charge in [0.2, 0.25) is 0 Å². The van der Waals surface area contributed by atoms with Crippen molar-refractivity contribution in [2.75, 3.05) is 32.8 Å². The molecule has 0 saturated carbocycles. The number of aromatic nitrogens is 3. The molecule has 0 fully saturated rings. The quantitative estimate of drug-likeness (QED) is 0.170. The molecule has 0 aliphatic carbocycles. The van der Waals surface area contributed by atoms with Gasteiger partial charge in [0.15, 0.2) is 5.96 Å². The lowest BCUT2D eigenvalue weighted by Gasteiger charge is -2.13. The summed E-state index contributed by atoms with van der Waals surface area (Å²) in [6.45, 7) is 9.06. The molecule has 0 unspecified atom stereocenters. The second-order valence-corrected chi connectivity index (χ2v) is 6.93. The summed E-state index contributed by atoms with van der Waals surface area (Å²) in [6.07, 6.45) is 6.86. The number of aryl methyl sites for hydroxylation is 1. The van der Waals surface area contributed by atoms with Gasteiger partial charge in [0.1, 0.15) is 12.2 Å². The molecule has 30 heavy (non-hydrogen) atoms. The molecule has 0 amide bonds. The molecule has 1 aromatic heterocycles. The van der Waals surface area contributed by atoms with Gasteiger partial charge in [0.05, 0.1) is 0 Å². The predicted octanol–water partition coefficient (Wildman–Crippen LogP) is 3.44. The van der Waals surface area contributed by atoms with E-state index in [-0.39, 0.29) is 24.0 Å². The van der Waals surface area contributed by atoms with Crippen molar-refractivity contribution in [3.63, 3.8) is 0 Å². The Bertz CT molecular complexity index is 692. The number of rotatable bonds is 14. The Morgan fingerprint density at radius 1 is 1.07 bits per heavy atom. The van der Waals surface area contributed by atoms with Crippen LogP contribution >= 0.6 is 24.0 Å². The van der Waals surface area contributed by atoms with Crippen molar-refractivity contribution in [3.8, 4) is 0 Å². The molecule has 0 atom stereocenters. The molecule has 0 spiro atoms. The van der Waals surface area contributed by atoms with Crippen molar-refractivity contribution in [3.05, 3.63) is 48.0 Å². The van der Waals surface area contributed by atoms with Crippen LogP contribution in [0.15, 0.2) is 41.7 Å². The van der Waals surface area contributed by atoms with Gasteiger partial charge in [0, 0.05) is 45.8 Å². The third-order valence-electron chi connectivity index (χ3n) is 4.56. The fraction of sp³-hybridized carbons (Fsp3) is 0.591. The summed E-state index contributed by atoms with van der Waals surface area (Å²) < 4.78 is 7.70. The second kappa shape index (κ2) is 17.0. The molecule has 2 N–H and O–H groups in total. The number of halogens is 1. The van der Waals surface area contributed by atoms with Gasteiger partial charge in [-0.25, -0.2) is 0 Å². The molecule has 1 heterocycles. The molecule has 0 bridgehead atoms. The van der Waals surface area contributed by atoms with E-state index >= 15 is 0 Å². The Labute approximate surface area is 198 Å². The van der Waals surface area contributed by atoms with Crippen molar-refractivity contribution in [2.45, 2.75) is 52.5 Å². The molecule has 0 saturated heterocycles. The number of nitrogens with one attached hydrogen (secondary N) is 2. The number of aliphatic imine (C=N–C) groups is 1. The third-order valence-corrected chi connectivity index (χ3v) is 4.56. The maximum atomic E-state index is 5.62. The van der Waals surface area contributed by atoms with Gasteiger partial charge >= 0.3 is 0 Å². The number of nitrogens with zero attached hydrogens (tertiary/aromatic N) is 4. The van der Waals surface area contributed by atoms with Crippen LogP contribution in [0.1, 0.15) is 44.5 Å². The Kier molecular flexibility index (Phi) is 15.0. The van der Waals surface area contributed by atoms with Crippen LogP contribution in [0.4, 0.5) is 0 Å². The van der Waals surface area contributed by atoms with Gasteiger partial charge in [-0.05, 0) is 24.8 Å². The van der Waals surface area contributed by atoms with Crippen LogP contribution in [-0.4, -0.2) is 53.6 Å². The maximum Gasteiger partial charge on any atom is 0.191 e. The standard InChI is InChI=1S/C22H36N6O.HI/c1-3-5-17-29-18-9-13-23-22(24-14-12-20-10-7-6-8-11-20)25-15-16-28-19-26-27-21(28)4-2;/h6-8,10-11,19H,3-5,9,12-18H2,1-2H3,(H2,23,24,25);1H. The van der Waals surface area contributed by atoms with Crippen LogP contribution < -0.4 is 10.6 Å². The lowest BCUT2D eigenvalue weighted by atomic mass is 10.1. The molecule has 8 heteroatoms. The molecule has 0 radical (unpaired) electrons. The van der Waals surface area contributed by atoms with Gasteiger partial charge in [0.25, 0.3) is 0 Å². The highest BCUT2D eigenvalue weighted by Gasteiger charge is 2.03. The Balaban J connectivity index is 0.00000450. The summed E-state index contributed by atoms with van der Waals surface area (Å²) >= 11 is 0. The molecular weight excluding hydrogens is 491 g/mol. The lowest BCUT2D eigenvalue weighted by Crippen LogP contribution is -2.40. The van der Waals surface area contributed by atoms with Crippen LogP contribution in [0.5, 0.6) is 0 Å². The van der Waals surface area contributed by atoms with Crippen molar-refractivity contribution < 1.29 is 4.74 Å². The molecule has 1 aromatic carbocycles. The first-order valence-electron chi connectivity index (χ1n) is 10.8. The number of guanidine groups is 1. The Morgan fingerprint density at radius 2 is 1.83 bits per heavy atom. The Hall–Kier alpha value is -1.68. The van der Waals surface area contributed by atoms with E-state index in [0.717, 1.165) is 76.9 Å². The smallest absolute Gasteiger partial charge is 0.191 e. The first kappa shape index (κ1) is 26.4. The van der Waals surface area contributed by atoms with E-state index in [9.17, 15) is 0 Å². The van der Waals surface area contributed by atoms with Crippen LogP contribution in [0, 0.1) is 0 Å². The third kappa shape index (κ3) is 10.9. The summed E-state index contributed by atoms with van der Waals surface area (Å²) in [7, 11) is 0. The highest BCUT2D eigenvalue weighted by Crippen LogP contribution is 1.98. The van der Waals surface area contributed by atoms with Crippen molar-refractivity contribution in [1.29, 1.82) is 0 Å². The van der Waals surface area contributed by atoms with E-state index in [4.69, 9.17) is 9.73 Å². The van der Waals surface area contributed by atoms with E-state index in [1.54, 1.807) is 6.33 Å². The average molecular weight is 528 g/mol. The van der Waals surface area contributed by atoms with Crippen LogP contribution in [0.25, 0.3) is 0 Å². The largest absolute Gasteiger partial charge is 0.381 e. The van der Waals surface area contributed by atoms with E-state index in [1.807, 2.05) is 6.07 Å². The number of hydrogen-bond acceptors (Lipinski definition) is 4. The first-order chi connectivity index (χ1) is 14.3. The topological polar surface area (TPSA) is 76.4 Å². The van der Waals surface area contributed by atoms with Crippen molar-refractivity contribution >= 4 is 29.9 Å². The van der Waals surface area contributed by atoms with E-state index in [1.165, 1.54) is 12.0 Å². The number of hydrogen-bond donors (Lipinski definition) is 2. The molecule has 168 valence electrons. The molecular formula is C22H37IN6O.